The van der Waals surface area contributed by atoms with Crippen molar-refractivity contribution in [2.24, 2.45) is 0 Å². The molecule has 1 N–H and O–H groups in total. The predicted molar refractivity (Wildman–Crippen MR) is 25.8 cm³/mol. The molecule has 0 aliphatic heterocycles. The van der Waals surface area contributed by atoms with E-state index in [4.69, 9.17) is 10.7 Å². The number of allylic oxidation sites excluding steroid dienone is 1. The number of nitrogens with one attached hydrogen (secondary N) is 1. The molecular weight excluding hydrogens is 128 g/mol. The van der Waals surface area contributed by atoms with E-state index in [1.54, 1.807) is 0 Å². The first-order chi connectivity index (χ1) is 3.72. The van der Waals surface area contributed by atoms with Gasteiger partial charge in [0.15, 0.2) is 4.91 Å². The maximum Gasteiger partial charge on any atom is 0.162 e. The highest BCUT2D eigenvalue weighted by Gasteiger charge is 1.88. The molecule has 1 atom stereocenters. The van der Waals surface area contributed by atoms with E-state index in [-0.39, 0.29) is 0 Å². The molecule has 4 nitrogen and oxygen atoms in total. The van der Waals surface area contributed by atoms with Gasteiger partial charge in [-0.15, -0.1) is 0 Å². The highest BCUT2D eigenvalue weighted by molar-refractivity contribution is 7.84. The molecule has 0 fully saturated rings. The van der Waals surface area contributed by atoms with E-state index < -0.39 is 16.0 Å². The number of rotatable bonds is 1. The topological polar surface area (TPSA) is 87.8 Å². The molecule has 0 aromatic heterocycles. The van der Waals surface area contributed by atoms with E-state index in [2.05, 4.69) is 0 Å². The zero-order chi connectivity index (χ0) is 6.57. The molecule has 0 saturated carbocycles. The quantitative estimate of drug-likeness (QED) is 0.294. The van der Waals surface area contributed by atoms with Crippen LogP contribution in [-0.2, 0) is 11.1 Å². The monoisotopic (exact) mass is 129 g/mol. The fourth-order valence-electron chi connectivity index (χ4n) is 0.107. The maximum atomic E-state index is 9.72. The van der Waals surface area contributed by atoms with Gasteiger partial charge in [-0.3, -0.25) is 9.62 Å². The Labute approximate surface area is 48.2 Å². The summed E-state index contributed by atoms with van der Waals surface area (Å²) in [5.41, 5.74) is 0. The van der Waals surface area contributed by atoms with Crippen LogP contribution in [-0.4, -0.2) is 14.6 Å². The maximum absolute atomic E-state index is 9.72. The molecule has 0 aliphatic carbocycles. The van der Waals surface area contributed by atoms with Crippen molar-refractivity contribution >= 4 is 17.0 Å². The predicted octanol–water partition coefficient (Wildman–Crippen LogP) is -0.479. The molecule has 5 heteroatoms. The van der Waals surface area contributed by atoms with Crippen molar-refractivity contribution in [3.63, 3.8) is 0 Å². The van der Waals surface area contributed by atoms with Crippen LogP contribution in [0.15, 0.2) is 4.91 Å². The van der Waals surface area contributed by atoms with E-state index in [0.29, 0.717) is 0 Å². The Bertz CT molecular complexity index is 198. The van der Waals surface area contributed by atoms with Crippen molar-refractivity contribution < 1.29 is 8.76 Å². The van der Waals surface area contributed by atoms with Gasteiger partial charge in [-0.25, -0.2) is 0 Å². The molecular formula is C3HN2O2S-. The van der Waals surface area contributed by atoms with E-state index in [1.807, 2.05) is 0 Å². The molecule has 42 valence electrons. The highest BCUT2D eigenvalue weighted by atomic mass is 32.2. The molecule has 0 aromatic carbocycles. The summed E-state index contributed by atoms with van der Waals surface area (Å²) in [7, 11) is 0. The minimum atomic E-state index is -2.60. The van der Waals surface area contributed by atoms with Crippen LogP contribution in [0.1, 0.15) is 0 Å². The van der Waals surface area contributed by atoms with E-state index in [1.165, 1.54) is 11.9 Å². The van der Waals surface area contributed by atoms with Crippen LogP contribution in [0.5, 0.6) is 0 Å². The van der Waals surface area contributed by atoms with Crippen molar-refractivity contribution in [2.75, 3.05) is 0 Å². The summed E-state index contributed by atoms with van der Waals surface area (Å²) in [5, 5.41) is 14.0. The van der Waals surface area contributed by atoms with E-state index in [0.717, 1.165) is 0 Å². The van der Waals surface area contributed by atoms with Gasteiger partial charge in [0, 0.05) is 5.87 Å². The minimum absolute atomic E-state index is 0.676. The average Bonchev–Trinajstić information content (AvgIpc) is 1.69. The zero-order valence-corrected chi connectivity index (χ0v) is 4.49. The molecule has 0 bridgehead atoms. The first-order valence-electron chi connectivity index (χ1n) is 1.51. The van der Waals surface area contributed by atoms with Gasteiger partial charge in [0.2, 0.25) is 0 Å². The van der Waals surface area contributed by atoms with Crippen LogP contribution in [0.3, 0.4) is 0 Å². The second-order valence-electron chi connectivity index (χ2n) is 0.801. The van der Waals surface area contributed by atoms with Crippen molar-refractivity contribution in [1.82, 2.24) is 0 Å². The largest absolute Gasteiger partial charge is 0.767 e. The molecule has 1 unspecified atom stereocenters. The van der Waals surface area contributed by atoms with Gasteiger partial charge in [-0.2, -0.15) is 5.26 Å². The second kappa shape index (κ2) is 3.10. The summed E-state index contributed by atoms with van der Waals surface area (Å²) in [6, 6.07) is 1.26. The fourth-order valence-corrected chi connectivity index (χ4v) is 0.265. The summed E-state index contributed by atoms with van der Waals surface area (Å²) < 4.78 is 19.4. The molecule has 0 radical (unpaired) electrons. The van der Waals surface area contributed by atoms with Crippen molar-refractivity contribution in [3.8, 4) is 6.07 Å². The van der Waals surface area contributed by atoms with Crippen LogP contribution < -0.4 is 0 Å². The summed E-state index contributed by atoms with van der Waals surface area (Å²) in [4.78, 5) is -0.676. The molecule has 0 aliphatic rings. The van der Waals surface area contributed by atoms with Gasteiger partial charge in [-0.1, -0.05) is 0 Å². The molecule has 8 heavy (non-hydrogen) atoms. The molecule has 0 aromatic rings. The minimum Gasteiger partial charge on any atom is -0.767 e. The Balaban J connectivity index is 4.46. The molecule has 0 amide bonds. The lowest BCUT2D eigenvalue weighted by molar-refractivity contribution is 0.545. The second-order valence-corrected chi connectivity index (χ2v) is 1.68. The van der Waals surface area contributed by atoms with E-state index in [9.17, 15) is 8.76 Å². The third-order valence-corrected chi connectivity index (χ3v) is 0.908. The first-order valence-corrected chi connectivity index (χ1v) is 2.59. The molecule has 0 rings (SSSR count). The lowest BCUT2D eigenvalue weighted by atomic mass is 10.7. The fraction of sp³-hybridized carbons (Fsp3) is 0. The lowest BCUT2D eigenvalue weighted by Gasteiger charge is -1.94. The molecule has 0 spiro atoms. The van der Waals surface area contributed by atoms with E-state index >= 15 is 0 Å². The van der Waals surface area contributed by atoms with Gasteiger partial charge in [0.25, 0.3) is 0 Å². The summed E-state index contributed by atoms with van der Waals surface area (Å²) in [5.74, 6) is 1.44. The third-order valence-electron chi connectivity index (χ3n) is 0.382. The van der Waals surface area contributed by atoms with Gasteiger partial charge >= 0.3 is 0 Å². The third kappa shape index (κ3) is 1.67. The first kappa shape index (κ1) is 7.05. The number of hydrogen-bond acceptors (Lipinski definition) is 4. The van der Waals surface area contributed by atoms with Crippen molar-refractivity contribution in [1.29, 1.82) is 10.7 Å². The Morgan fingerprint density at radius 1 is 1.88 bits per heavy atom. The van der Waals surface area contributed by atoms with Crippen molar-refractivity contribution in [2.45, 2.75) is 0 Å². The Kier molecular flexibility index (Phi) is 2.74. The van der Waals surface area contributed by atoms with Gasteiger partial charge in [0.05, 0.1) is 0 Å². The van der Waals surface area contributed by atoms with Gasteiger partial charge in [-0.05, 0) is 11.1 Å². The van der Waals surface area contributed by atoms with Crippen LogP contribution in [0.4, 0.5) is 0 Å². The lowest BCUT2D eigenvalue weighted by Crippen LogP contribution is -1.89. The normalized spacial score (nSPS) is 11.0. The Morgan fingerprint density at radius 2 is 2.38 bits per heavy atom. The van der Waals surface area contributed by atoms with Crippen LogP contribution in [0.2, 0.25) is 0 Å². The van der Waals surface area contributed by atoms with Gasteiger partial charge in [0.1, 0.15) is 6.07 Å². The Morgan fingerprint density at radius 3 is 2.38 bits per heavy atom. The van der Waals surface area contributed by atoms with Crippen LogP contribution in [0.25, 0.3) is 0 Å². The van der Waals surface area contributed by atoms with Gasteiger partial charge < -0.3 is 4.55 Å². The Hall–Kier alpha value is -0.950. The zero-order valence-electron chi connectivity index (χ0n) is 3.67. The smallest absolute Gasteiger partial charge is 0.162 e. The van der Waals surface area contributed by atoms with Crippen LogP contribution >= 0.6 is 0 Å². The SMILES string of the molecule is N#CC(=C=N)S(=O)[O-]. The number of nitrogens with zero attached hydrogens (tertiary/aromatic N) is 1. The molecule has 0 saturated heterocycles. The number of hydrogen-bond donors (Lipinski definition) is 1. The summed E-state index contributed by atoms with van der Waals surface area (Å²) in [6.07, 6.45) is 0. The van der Waals surface area contributed by atoms with Crippen LogP contribution in [0, 0.1) is 16.7 Å². The van der Waals surface area contributed by atoms with Crippen molar-refractivity contribution in [3.05, 3.63) is 4.91 Å². The molecule has 0 heterocycles. The number of nitriles is 1. The standard InChI is InChI=1S/C3H2N2O2S/c4-1-3(2-5)8(6)7/h4H,(H,6,7)/p-1. The average molecular weight is 129 g/mol. The highest BCUT2D eigenvalue weighted by Crippen LogP contribution is 1.87. The summed E-state index contributed by atoms with van der Waals surface area (Å²) in [6.45, 7) is 0. The summed E-state index contributed by atoms with van der Waals surface area (Å²) >= 11 is -2.60.